The van der Waals surface area contributed by atoms with Crippen LogP contribution >= 0.6 is 0 Å². The van der Waals surface area contributed by atoms with Crippen LogP contribution in [0, 0.1) is 0 Å². The number of ether oxygens (including phenoxy) is 1. The number of carbonyl (C=O) groups is 1. The van der Waals surface area contributed by atoms with Gasteiger partial charge in [0, 0.05) is 0 Å². The fraction of sp³-hybridized carbons (Fsp3) is 0.235. The molecule has 2 aromatic carbocycles. The van der Waals surface area contributed by atoms with Gasteiger partial charge in [-0.25, -0.2) is 4.79 Å². The molecule has 0 fully saturated rings. The minimum Gasteiger partial charge on any atom is -0.465 e. The lowest BCUT2D eigenvalue weighted by Crippen LogP contribution is -2.00. The molecular formula is C17H18O2. The largest absolute Gasteiger partial charge is 0.465 e. The summed E-state index contributed by atoms with van der Waals surface area (Å²) >= 11 is 0. The second kappa shape index (κ2) is 5.70. The van der Waals surface area contributed by atoms with Gasteiger partial charge in [-0.1, -0.05) is 31.2 Å². The molecule has 0 saturated carbocycles. The molecule has 0 aliphatic carbocycles. The monoisotopic (exact) mass is 254 g/mol. The van der Waals surface area contributed by atoms with Gasteiger partial charge in [-0.05, 0) is 53.5 Å². The molecule has 2 nitrogen and oxygen atoms in total. The average molecular weight is 254 g/mol. The Morgan fingerprint density at radius 3 is 2.21 bits per heavy atom. The second-order valence-electron chi connectivity index (χ2n) is 4.44. The van der Waals surface area contributed by atoms with Crippen molar-refractivity contribution in [3.05, 3.63) is 53.6 Å². The van der Waals surface area contributed by atoms with E-state index in [0.29, 0.717) is 5.56 Å². The standard InChI is InChI=1S/C17H18O2/c1-4-12(5-2)13-6-7-15-11-16(17(18)19-3)9-8-14(15)10-13/h4,6-11H,5H2,1-3H3/b12-4+. The van der Waals surface area contributed by atoms with Crippen molar-refractivity contribution in [3.63, 3.8) is 0 Å². The maximum atomic E-state index is 11.5. The van der Waals surface area contributed by atoms with Gasteiger partial charge in [0.1, 0.15) is 0 Å². The predicted octanol–water partition coefficient (Wildman–Crippen LogP) is 4.44. The van der Waals surface area contributed by atoms with Crippen LogP contribution in [0.5, 0.6) is 0 Å². The molecule has 0 saturated heterocycles. The summed E-state index contributed by atoms with van der Waals surface area (Å²) in [7, 11) is 1.40. The molecule has 0 aromatic heterocycles. The average Bonchev–Trinajstić information content (AvgIpc) is 2.47. The Labute approximate surface area is 113 Å². The first-order chi connectivity index (χ1) is 9.19. The van der Waals surface area contributed by atoms with Crippen LogP contribution in [-0.2, 0) is 4.74 Å². The fourth-order valence-corrected chi connectivity index (χ4v) is 2.27. The zero-order chi connectivity index (χ0) is 13.8. The lowest BCUT2D eigenvalue weighted by molar-refractivity contribution is 0.0601. The van der Waals surface area contributed by atoms with Gasteiger partial charge >= 0.3 is 5.97 Å². The van der Waals surface area contributed by atoms with Crippen molar-refractivity contribution < 1.29 is 9.53 Å². The summed E-state index contributed by atoms with van der Waals surface area (Å²) in [5.41, 5.74) is 3.16. The van der Waals surface area contributed by atoms with Crippen molar-refractivity contribution in [1.29, 1.82) is 0 Å². The minimum absolute atomic E-state index is 0.298. The van der Waals surface area contributed by atoms with Gasteiger partial charge in [-0.2, -0.15) is 0 Å². The highest BCUT2D eigenvalue weighted by Gasteiger charge is 2.06. The van der Waals surface area contributed by atoms with E-state index in [4.69, 9.17) is 4.74 Å². The number of allylic oxidation sites excluding steroid dienone is 2. The third-order valence-electron chi connectivity index (χ3n) is 3.36. The zero-order valence-electron chi connectivity index (χ0n) is 11.6. The number of hydrogen-bond acceptors (Lipinski definition) is 2. The quantitative estimate of drug-likeness (QED) is 0.757. The van der Waals surface area contributed by atoms with Crippen molar-refractivity contribution in [2.24, 2.45) is 0 Å². The Balaban J connectivity index is 2.49. The van der Waals surface area contributed by atoms with Crippen LogP contribution in [0.1, 0.15) is 36.2 Å². The van der Waals surface area contributed by atoms with Gasteiger partial charge < -0.3 is 4.74 Å². The number of carbonyl (C=O) groups excluding carboxylic acids is 1. The van der Waals surface area contributed by atoms with E-state index in [1.807, 2.05) is 12.1 Å². The molecule has 2 rings (SSSR count). The molecule has 0 aliphatic rings. The van der Waals surface area contributed by atoms with Crippen LogP contribution in [0.25, 0.3) is 16.3 Å². The van der Waals surface area contributed by atoms with E-state index in [1.165, 1.54) is 18.2 Å². The first kappa shape index (κ1) is 13.3. The Hall–Kier alpha value is -2.09. The molecule has 0 bridgehead atoms. The predicted molar refractivity (Wildman–Crippen MR) is 79.2 cm³/mol. The second-order valence-corrected chi connectivity index (χ2v) is 4.44. The summed E-state index contributed by atoms with van der Waals surface area (Å²) in [5.74, 6) is -0.298. The number of esters is 1. The molecule has 0 aliphatic heterocycles. The Morgan fingerprint density at radius 1 is 1.11 bits per heavy atom. The molecule has 0 atom stereocenters. The Kier molecular flexibility index (Phi) is 4.00. The molecular weight excluding hydrogens is 236 g/mol. The van der Waals surface area contributed by atoms with E-state index >= 15 is 0 Å². The maximum absolute atomic E-state index is 11.5. The van der Waals surface area contributed by atoms with Crippen LogP contribution in [0.2, 0.25) is 0 Å². The molecule has 0 radical (unpaired) electrons. The van der Waals surface area contributed by atoms with E-state index in [1.54, 1.807) is 6.07 Å². The highest BCUT2D eigenvalue weighted by atomic mass is 16.5. The summed E-state index contributed by atoms with van der Waals surface area (Å²) in [6.45, 7) is 4.21. The van der Waals surface area contributed by atoms with Gasteiger partial charge in [-0.15, -0.1) is 0 Å². The fourth-order valence-electron chi connectivity index (χ4n) is 2.27. The van der Waals surface area contributed by atoms with Crippen LogP contribution in [0.15, 0.2) is 42.5 Å². The van der Waals surface area contributed by atoms with Crippen LogP contribution in [-0.4, -0.2) is 13.1 Å². The molecule has 2 heteroatoms. The summed E-state index contributed by atoms with van der Waals surface area (Å²) < 4.78 is 4.73. The highest BCUT2D eigenvalue weighted by molar-refractivity contribution is 5.96. The van der Waals surface area contributed by atoms with E-state index in [2.05, 4.69) is 38.1 Å². The number of fused-ring (bicyclic) bond motifs is 1. The normalized spacial score (nSPS) is 11.6. The smallest absolute Gasteiger partial charge is 0.337 e. The first-order valence-corrected chi connectivity index (χ1v) is 6.47. The lowest BCUT2D eigenvalue weighted by Gasteiger charge is -2.07. The van der Waals surface area contributed by atoms with E-state index in [0.717, 1.165) is 17.2 Å². The van der Waals surface area contributed by atoms with Crippen molar-refractivity contribution >= 4 is 22.3 Å². The minimum atomic E-state index is -0.298. The zero-order valence-corrected chi connectivity index (χ0v) is 11.6. The molecule has 19 heavy (non-hydrogen) atoms. The van der Waals surface area contributed by atoms with Gasteiger partial charge in [0.2, 0.25) is 0 Å². The SMILES string of the molecule is C/C=C(\CC)c1ccc2cc(C(=O)OC)ccc2c1. The van der Waals surface area contributed by atoms with Crippen molar-refractivity contribution in [2.75, 3.05) is 7.11 Å². The molecule has 98 valence electrons. The summed E-state index contributed by atoms with van der Waals surface area (Å²) in [6.07, 6.45) is 3.16. The van der Waals surface area contributed by atoms with Gasteiger partial charge in [0.25, 0.3) is 0 Å². The Bertz CT molecular complexity index is 639. The molecule has 0 heterocycles. The van der Waals surface area contributed by atoms with Crippen molar-refractivity contribution in [1.82, 2.24) is 0 Å². The van der Waals surface area contributed by atoms with Crippen LogP contribution < -0.4 is 0 Å². The van der Waals surface area contributed by atoms with Gasteiger partial charge in [0.05, 0.1) is 12.7 Å². The maximum Gasteiger partial charge on any atom is 0.337 e. The van der Waals surface area contributed by atoms with Gasteiger partial charge in [0.15, 0.2) is 0 Å². The lowest BCUT2D eigenvalue weighted by atomic mass is 9.98. The van der Waals surface area contributed by atoms with E-state index < -0.39 is 0 Å². The van der Waals surface area contributed by atoms with E-state index in [-0.39, 0.29) is 5.97 Å². The summed E-state index contributed by atoms with van der Waals surface area (Å²) in [4.78, 5) is 11.5. The molecule has 0 N–H and O–H groups in total. The van der Waals surface area contributed by atoms with Crippen molar-refractivity contribution in [2.45, 2.75) is 20.3 Å². The number of rotatable bonds is 3. The molecule has 0 spiro atoms. The molecule has 0 amide bonds. The van der Waals surface area contributed by atoms with Crippen molar-refractivity contribution in [3.8, 4) is 0 Å². The number of benzene rings is 2. The third kappa shape index (κ3) is 2.68. The number of methoxy groups -OCH3 is 1. The van der Waals surface area contributed by atoms with Gasteiger partial charge in [-0.3, -0.25) is 0 Å². The first-order valence-electron chi connectivity index (χ1n) is 6.47. The third-order valence-corrected chi connectivity index (χ3v) is 3.36. The highest BCUT2D eigenvalue weighted by Crippen LogP contribution is 2.24. The number of hydrogen-bond donors (Lipinski definition) is 0. The summed E-state index contributed by atoms with van der Waals surface area (Å²) in [6, 6.07) is 12.0. The van der Waals surface area contributed by atoms with Crippen LogP contribution in [0.3, 0.4) is 0 Å². The summed E-state index contributed by atoms with van der Waals surface area (Å²) in [5, 5.41) is 2.19. The molecule has 2 aromatic rings. The van der Waals surface area contributed by atoms with E-state index in [9.17, 15) is 4.79 Å². The Morgan fingerprint density at radius 2 is 1.68 bits per heavy atom. The van der Waals surface area contributed by atoms with Crippen LogP contribution in [0.4, 0.5) is 0 Å². The molecule has 0 unspecified atom stereocenters. The topological polar surface area (TPSA) is 26.3 Å².